The Labute approximate surface area is 255 Å². The molecule has 5 aromatic carbocycles. The van der Waals surface area contributed by atoms with Gasteiger partial charge in [0.25, 0.3) is 0 Å². The molecule has 5 rings (SSSR count). The van der Waals surface area contributed by atoms with E-state index in [1.165, 1.54) is 24.3 Å². The number of aryl methyl sites for hydroxylation is 1. The van der Waals surface area contributed by atoms with Crippen molar-refractivity contribution >= 4 is 36.2 Å². The first-order valence-electron chi connectivity index (χ1n) is 12.7. The van der Waals surface area contributed by atoms with Crippen molar-refractivity contribution in [3.8, 4) is 0 Å². The van der Waals surface area contributed by atoms with Crippen LogP contribution in [-0.2, 0) is 10.9 Å². The number of halogens is 8. The van der Waals surface area contributed by atoms with Gasteiger partial charge in [-0.2, -0.15) is 0 Å². The number of hydrogen-bond acceptors (Lipinski definition) is 2. The fourth-order valence-electron chi connectivity index (χ4n) is 3.88. The third kappa shape index (κ3) is 10.8. The molecule has 1 nitrogen and oxygen atoms in total. The third-order valence-corrected chi connectivity index (χ3v) is 9.07. The van der Waals surface area contributed by atoms with E-state index in [4.69, 9.17) is 0 Å². The third-order valence-electron chi connectivity index (χ3n) is 5.82. The monoisotopic (exact) mass is 670 g/mol. The summed E-state index contributed by atoms with van der Waals surface area (Å²) in [5.41, 5.74) is 2.46. The van der Waals surface area contributed by atoms with E-state index in [0.29, 0.717) is 11.1 Å². The van der Waals surface area contributed by atoms with Gasteiger partial charge in [-0.25, -0.2) is 8.78 Å². The number of ketones is 1. The number of rotatable bonds is 7. The van der Waals surface area contributed by atoms with E-state index in [1.54, 1.807) is 36.0 Å². The van der Waals surface area contributed by atoms with Crippen molar-refractivity contribution in [1.29, 1.82) is 0 Å². The fourth-order valence-corrected chi connectivity index (χ4v) is 6.73. The summed E-state index contributed by atoms with van der Waals surface area (Å²) < 4.78 is 86.3. The summed E-state index contributed by atoms with van der Waals surface area (Å²) in [7, 11) is -11.2. The summed E-state index contributed by atoms with van der Waals surface area (Å²) in [6.45, 7) is 2.00. The fraction of sp³-hybridized carbons (Fsp3) is 0.0312. The molecule has 0 aliphatic rings. The molecule has 0 saturated carbocycles. The topological polar surface area (TPSA) is 17.1 Å². The molecule has 0 fully saturated rings. The van der Waals surface area contributed by atoms with Crippen LogP contribution in [0.3, 0.4) is 0 Å². The van der Waals surface area contributed by atoms with E-state index in [0.717, 1.165) is 30.0 Å². The molecule has 0 spiro atoms. The van der Waals surface area contributed by atoms with Gasteiger partial charge < -0.3 is 0 Å². The predicted molar refractivity (Wildman–Crippen MR) is 160 cm³/mol. The van der Waals surface area contributed by atoms with Crippen molar-refractivity contribution < 1.29 is 38.8 Å². The van der Waals surface area contributed by atoms with Crippen LogP contribution >= 0.6 is 19.6 Å². The number of hydrogen-bond donors (Lipinski definition) is 0. The van der Waals surface area contributed by atoms with Crippen molar-refractivity contribution in [3.63, 3.8) is 0 Å². The van der Waals surface area contributed by atoms with Crippen LogP contribution in [0.2, 0.25) is 0 Å². The molecule has 0 radical (unpaired) electrons. The van der Waals surface area contributed by atoms with Crippen LogP contribution < -0.4 is 0 Å². The molecule has 0 bridgehead atoms. The molecule has 0 unspecified atom stereocenters. The molecule has 0 aliphatic carbocycles. The summed E-state index contributed by atoms with van der Waals surface area (Å²) in [6, 6.07) is 36.4. The standard InChI is InChI=1S/C32H23F2OS2.F6P/c1-22-2-4-23(5-3-22)32(35)24-6-12-27(13-7-24)36-28-14-20-31(21-15-28)37(29-16-8-25(33)9-17-29)30-18-10-26(34)11-19-30;1-7(2,3,4,5)6/h2-21H,1H3;/q+1;-1. The van der Waals surface area contributed by atoms with Gasteiger partial charge in [0.15, 0.2) is 20.5 Å². The van der Waals surface area contributed by atoms with Gasteiger partial charge in [0.05, 0.1) is 10.9 Å². The van der Waals surface area contributed by atoms with Crippen LogP contribution in [0.15, 0.2) is 146 Å². The zero-order valence-electron chi connectivity index (χ0n) is 22.7. The quantitative estimate of drug-likeness (QED) is 0.0742. The van der Waals surface area contributed by atoms with E-state index in [-0.39, 0.29) is 17.4 Å². The van der Waals surface area contributed by atoms with Crippen LogP contribution in [0.25, 0.3) is 0 Å². The second-order valence-electron chi connectivity index (χ2n) is 9.47. The van der Waals surface area contributed by atoms with Gasteiger partial charge in [-0.3, -0.25) is 4.79 Å². The Hall–Kier alpha value is -3.66. The molecule has 44 heavy (non-hydrogen) atoms. The molecule has 12 heteroatoms. The Morgan fingerprint density at radius 3 is 1.18 bits per heavy atom. The SMILES string of the molecule is Cc1ccc(C(=O)c2ccc(Sc3ccc([S+](c4ccc(F)cc4)c4ccc(F)cc4)cc3)cc2)cc1.F[P-](F)(F)(F)(F)F. The molecular weight excluding hydrogens is 647 g/mol. The Bertz CT molecular complexity index is 1670. The molecule has 230 valence electrons. The van der Waals surface area contributed by atoms with Crippen LogP contribution in [0.1, 0.15) is 21.5 Å². The second kappa shape index (κ2) is 12.4. The summed E-state index contributed by atoms with van der Waals surface area (Å²) >= 11 is 1.61. The summed E-state index contributed by atoms with van der Waals surface area (Å²) in [6.07, 6.45) is 0. The second-order valence-corrected chi connectivity index (χ2v) is 14.6. The Kier molecular flexibility index (Phi) is 9.35. The molecule has 0 aliphatic heterocycles. The summed E-state index contributed by atoms with van der Waals surface area (Å²) in [4.78, 5) is 17.8. The van der Waals surface area contributed by atoms with E-state index < -0.39 is 18.7 Å². The number of carbonyl (C=O) groups excluding carboxylic acids is 1. The van der Waals surface area contributed by atoms with Crippen LogP contribution in [0, 0.1) is 18.6 Å². The van der Waals surface area contributed by atoms with Gasteiger partial charge in [-0.15, -0.1) is 0 Å². The summed E-state index contributed by atoms with van der Waals surface area (Å²) in [5.74, 6) is -0.566. The molecule has 0 saturated heterocycles. The Balaban J connectivity index is 0.000000566. The molecule has 5 aromatic rings. The van der Waals surface area contributed by atoms with Gasteiger partial charge in [0.2, 0.25) is 0 Å². The van der Waals surface area contributed by atoms with Crippen LogP contribution in [0.5, 0.6) is 0 Å². The van der Waals surface area contributed by atoms with Crippen molar-refractivity contribution in [2.24, 2.45) is 0 Å². The molecule has 0 atom stereocenters. The minimum atomic E-state index is -10.7. The van der Waals surface area contributed by atoms with Gasteiger partial charge in [-0.05, 0) is 104 Å². The van der Waals surface area contributed by atoms with Crippen molar-refractivity contribution in [2.45, 2.75) is 31.4 Å². The summed E-state index contributed by atoms with van der Waals surface area (Å²) in [5, 5.41) is 0. The Morgan fingerprint density at radius 1 is 0.523 bits per heavy atom. The van der Waals surface area contributed by atoms with Crippen molar-refractivity contribution in [3.05, 3.63) is 150 Å². The van der Waals surface area contributed by atoms with E-state index in [2.05, 4.69) is 24.3 Å². The van der Waals surface area contributed by atoms with Gasteiger partial charge in [-0.1, -0.05) is 41.6 Å². The van der Waals surface area contributed by atoms with E-state index in [1.807, 2.05) is 55.5 Å². The maximum absolute atomic E-state index is 13.6. The van der Waals surface area contributed by atoms with Crippen molar-refractivity contribution in [1.82, 2.24) is 0 Å². The first-order valence-corrected chi connectivity index (χ1v) is 16.8. The van der Waals surface area contributed by atoms with E-state index >= 15 is 0 Å². The Morgan fingerprint density at radius 2 is 0.818 bits per heavy atom. The van der Waals surface area contributed by atoms with Gasteiger partial charge in [0.1, 0.15) is 11.6 Å². The first-order chi connectivity index (χ1) is 20.4. The number of carbonyl (C=O) groups is 1. The number of benzene rings is 5. The average molecular weight is 671 g/mol. The predicted octanol–water partition coefficient (Wildman–Crippen LogP) is 12.1. The van der Waals surface area contributed by atoms with Crippen LogP contribution in [0.4, 0.5) is 34.0 Å². The zero-order valence-corrected chi connectivity index (χ0v) is 25.3. The zero-order chi connectivity index (χ0) is 32.2. The average Bonchev–Trinajstić information content (AvgIpc) is 2.95. The first kappa shape index (κ1) is 33.2. The van der Waals surface area contributed by atoms with E-state index in [9.17, 15) is 38.8 Å². The normalized spacial score (nSPS) is 13.0. The molecular formula is C32H23F8OPS2. The molecule has 0 amide bonds. The maximum atomic E-state index is 13.6. The van der Waals surface area contributed by atoms with Crippen molar-refractivity contribution in [2.75, 3.05) is 0 Å². The van der Waals surface area contributed by atoms with Crippen LogP contribution in [-0.4, -0.2) is 5.78 Å². The van der Waals surface area contributed by atoms with Gasteiger partial charge in [0, 0.05) is 20.9 Å². The molecule has 0 aromatic heterocycles. The van der Waals surface area contributed by atoms with Gasteiger partial charge >= 0.3 is 33.0 Å². The molecule has 0 heterocycles. The minimum absolute atomic E-state index is 0.00882. The molecule has 0 N–H and O–H groups in total.